The van der Waals surface area contributed by atoms with E-state index in [0.29, 0.717) is 36.5 Å². The molecule has 3 N–H and O–H groups in total. The number of benzene rings is 2. The number of nitrogens with one attached hydrogen (secondary N) is 3. The Morgan fingerprint density at radius 3 is 2.48 bits per heavy atom. The van der Waals surface area contributed by atoms with Crippen molar-refractivity contribution >= 4 is 22.7 Å². The molecule has 0 aliphatic heterocycles. The fraction of sp³-hybridized carbons (Fsp3) is 0.238. The molecule has 0 aliphatic carbocycles. The maximum absolute atomic E-state index is 12.3. The van der Waals surface area contributed by atoms with Crippen molar-refractivity contribution < 1.29 is 14.3 Å². The zero-order valence-electron chi connectivity index (χ0n) is 15.5. The summed E-state index contributed by atoms with van der Waals surface area (Å²) in [6, 6.07) is 15.0. The molecule has 0 spiro atoms. The summed E-state index contributed by atoms with van der Waals surface area (Å²) in [7, 11) is 1.55. The van der Waals surface area contributed by atoms with Crippen molar-refractivity contribution in [2.75, 3.05) is 20.2 Å². The molecular formula is C21H23N3O3. The van der Waals surface area contributed by atoms with E-state index in [0.717, 1.165) is 16.5 Å². The van der Waals surface area contributed by atoms with Crippen LogP contribution in [0.2, 0.25) is 0 Å². The summed E-state index contributed by atoms with van der Waals surface area (Å²) in [5.74, 6) is 0.248. The van der Waals surface area contributed by atoms with Crippen LogP contribution in [0.15, 0.2) is 48.5 Å². The first-order valence-electron chi connectivity index (χ1n) is 8.88. The lowest BCUT2D eigenvalue weighted by Gasteiger charge is -2.11. The Morgan fingerprint density at radius 1 is 1.00 bits per heavy atom. The highest BCUT2D eigenvalue weighted by molar-refractivity contribution is 5.98. The third-order valence-electron chi connectivity index (χ3n) is 4.36. The van der Waals surface area contributed by atoms with Crippen molar-refractivity contribution in [3.63, 3.8) is 0 Å². The predicted molar refractivity (Wildman–Crippen MR) is 105 cm³/mol. The van der Waals surface area contributed by atoms with Gasteiger partial charge in [0.25, 0.3) is 11.8 Å². The van der Waals surface area contributed by atoms with Gasteiger partial charge in [-0.1, -0.05) is 30.3 Å². The summed E-state index contributed by atoms with van der Waals surface area (Å²) in [6.45, 7) is 2.83. The fourth-order valence-corrected chi connectivity index (χ4v) is 2.98. The second-order valence-corrected chi connectivity index (χ2v) is 6.29. The lowest BCUT2D eigenvalue weighted by molar-refractivity contribution is 0.0948. The molecule has 140 valence electrons. The molecule has 2 amide bonds. The Kier molecular flexibility index (Phi) is 5.76. The van der Waals surface area contributed by atoms with E-state index in [1.54, 1.807) is 13.2 Å². The minimum Gasteiger partial charge on any atom is -0.496 e. The number of carbonyl (C=O) groups excluding carboxylic acids is 2. The van der Waals surface area contributed by atoms with Crippen LogP contribution in [0.4, 0.5) is 0 Å². The smallest absolute Gasteiger partial charge is 0.267 e. The molecule has 6 heteroatoms. The Balaban J connectivity index is 1.46. The number of aryl methyl sites for hydroxylation is 1. The van der Waals surface area contributed by atoms with Crippen molar-refractivity contribution in [1.82, 2.24) is 15.6 Å². The van der Waals surface area contributed by atoms with Crippen LogP contribution in [-0.4, -0.2) is 37.0 Å². The van der Waals surface area contributed by atoms with Gasteiger partial charge in [0.05, 0.1) is 12.7 Å². The van der Waals surface area contributed by atoms with Gasteiger partial charge in [0, 0.05) is 24.0 Å². The number of rotatable bonds is 7. The van der Waals surface area contributed by atoms with E-state index >= 15 is 0 Å². The van der Waals surface area contributed by atoms with Crippen molar-refractivity contribution in [1.29, 1.82) is 0 Å². The molecule has 0 saturated heterocycles. The summed E-state index contributed by atoms with van der Waals surface area (Å²) in [6.07, 6.45) is 0.631. The molecule has 0 unspecified atom stereocenters. The molecule has 3 rings (SSSR count). The first-order valence-corrected chi connectivity index (χ1v) is 8.88. The Labute approximate surface area is 157 Å². The number of fused-ring (bicyclic) bond motifs is 1. The monoisotopic (exact) mass is 365 g/mol. The van der Waals surface area contributed by atoms with Gasteiger partial charge in [0.1, 0.15) is 11.4 Å². The number of carbonyl (C=O) groups is 2. The van der Waals surface area contributed by atoms with Crippen LogP contribution in [0.5, 0.6) is 5.75 Å². The van der Waals surface area contributed by atoms with Crippen molar-refractivity contribution in [2.45, 2.75) is 13.3 Å². The highest BCUT2D eigenvalue weighted by atomic mass is 16.5. The molecule has 0 aliphatic rings. The van der Waals surface area contributed by atoms with E-state index in [9.17, 15) is 9.59 Å². The van der Waals surface area contributed by atoms with Crippen LogP contribution < -0.4 is 15.4 Å². The van der Waals surface area contributed by atoms with Gasteiger partial charge in [-0.05, 0) is 37.1 Å². The van der Waals surface area contributed by atoms with Gasteiger partial charge in [-0.15, -0.1) is 0 Å². The number of para-hydroxylation sites is 2. The predicted octanol–water partition coefficient (Wildman–Crippen LogP) is 3.03. The number of aromatic nitrogens is 1. The number of H-pyrrole nitrogens is 1. The molecule has 2 aromatic carbocycles. The van der Waals surface area contributed by atoms with Gasteiger partial charge >= 0.3 is 0 Å². The standard InChI is InChI=1S/C21H23N3O3/c1-14-7-5-9-16(19(14)27-2)20(25)22-11-6-12-23-21(26)18-13-15-8-3-4-10-17(15)24-18/h3-5,7-10,13,24H,6,11-12H2,1-2H3,(H,22,25)(H,23,26). The summed E-state index contributed by atoms with van der Waals surface area (Å²) in [5.41, 5.74) is 2.89. The van der Waals surface area contributed by atoms with Crippen LogP contribution in [0.1, 0.15) is 32.8 Å². The van der Waals surface area contributed by atoms with Crippen molar-refractivity contribution in [2.24, 2.45) is 0 Å². The van der Waals surface area contributed by atoms with Gasteiger partial charge in [-0.3, -0.25) is 9.59 Å². The van der Waals surface area contributed by atoms with Crippen LogP contribution >= 0.6 is 0 Å². The molecule has 0 bridgehead atoms. The molecule has 1 heterocycles. The number of methoxy groups -OCH3 is 1. The van der Waals surface area contributed by atoms with Gasteiger partial charge in [-0.2, -0.15) is 0 Å². The second-order valence-electron chi connectivity index (χ2n) is 6.29. The minimum atomic E-state index is -0.183. The molecule has 27 heavy (non-hydrogen) atoms. The molecule has 1 aromatic heterocycles. The number of hydrogen-bond acceptors (Lipinski definition) is 3. The third-order valence-corrected chi connectivity index (χ3v) is 4.36. The number of hydrogen-bond donors (Lipinski definition) is 3. The SMILES string of the molecule is COc1c(C)cccc1C(=O)NCCCNC(=O)c1cc2ccccc2[nH]1. The van der Waals surface area contributed by atoms with E-state index in [-0.39, 0.29) is 11.8 Å². The van der Waals surface area contributed by atoms with E-state index in [4.69, 9.17) is 4.74 Å². The van der Waals surface area contributed by atoms with E-state index < -0.39 is 0 Å². The van der Waals surface area contributed by atoms with Crippen molar-refractivity contribution in [3.8, 4) is 5.75 Å². The van der Waals surface area contributed by atoms with Gasteiger partial charge in [-0.25, -0.2) is 0 Å². The highest BCUT2D eigenvalue weighted by Crippen LogP contribution is 2.22. The average Bonchev–Trinajstić information content (AvgIpc) is 3.11. The lowest BCUT2D eigenvalue weighted by atomic mass is 10.1. The topological polar surface area (TPSA) is 83.2 Å². The average molecular weight is 365 g/mol. The third kappa shape index (κ3) is 4.28. The van der Waals surface area contributed by atoms with Crippen molar-refractivity contribution in [3.05, 3.63) is 65.4 Å². The maximum atomic E-state index is 12.3. The maximum Gasteiger partial charge on any atom is 0.267 e. The normalized spacial score (nSPS) is 10.6. The van der Waals surface area contributed by atoms with E-state index in [1.165, 1.54) is 0 Å². The number of ether oxygens (including phenoxy) is 1. The largest absolute Gasteiger partial charge is 0.496 e. The van der Waals surface area contributed by atoms with Crippen LogP contribution in [0, 0.1) is 6.92 Å². The Bertz CT molecular complexity index is 929. The molecule has 6 nitrogen and oxygen atoms in total. The molecule has 0 atom stereocenters. The van der Waals surface area contributed by atoms with Gasteiger partial charge < -0.3 is 20.4 Å². The molecule has 0 radical (unpaired) electrons. The van der Waals surface area contributed by atoms with Crippen LogP contribution in [0.25, 0.3) is 10.9 Å². The summed E-state index contributed by atoms with van der Waals surface area (Å²) in [5, 5.41) is 6.72. The zero-order valence-corrected chi connectivity index (χ0v) is 15.5. The number of aromatic amines is 1. The lowest BCUT2D eigenvalue weighted by Crippen LogP contribution is -2.30. The second kappa shape index (κ2) is 8.40. The molecular weight excluding hydrogens is 342 g/mol. The first kappa shape index (κ1) is 18.5. The Morgan fingerprint density at radius 2 is 1.74 bits per heavy atom. The molecule has 0 saturated carbocycles. The Hall–Kier alpha value is -3.28. The van der Waals surface area contributed by atoms with E-state index in [1.807, 2.05) is 49.4 Å². The van der Waals surface area contributed by atoms with Gasteiger partial charge in [0.15, 0.2) is 0 Å². The van der Waals surface area contributed by atoms with Crippen LogP contribution in [0.3, 0.4) is 0 Å². The molecule has 3 aromatic rings. The summed E-state index contributed by atoms with van der Waals surface area (Å²) >= 11 is 0. The summed E-state index contributed by atoms with van der Waals surface area (Å²) in [4.78, 5) is 27.6. The first-order chi connectivity index (χ1) is 13.1. The van der Waals surface area contributed by atoms with E-state index in [2.05, 4.69) is 15.6 Å². The quantitative estimate of drug-likeness (QED) is 0.563. The van der Waals surface area contributed by atoms with Gasteiger partial charge in [0.2, 0.25) is 0 Å². The summed E-state index contributed by atoms with van der Waals surface area (Å²) < 4.78 is 5.31. The fourth-order valence-electron chi connectivity index (χ4n) is 2.98. The molecule has 0 fully saturated rings. The van der Waals surface area contributed by atoms with Crippen LogP contribution in [-0.2, 0) is 0 Å². The number of amides is 2. The zero-order chi connectivity index (χ0) is 19.2. The minimum absolute atomic E-state index is 0.155. The highest BCUT2D eigenvalue weighted by Gasteiger charge is 2.13.